The largest absolute Gasteiger partial charge is 0.493 e. The molecule has 2 aliphatic rings. The van der Waals surface area contributed by atoms with Crippen molar-refractivity contribution < 1.29 is 14.3 Å². The van der Waals surface area contributed by atoms with Crippen LogP contribution >= 0.6 is 0 Å². The first-order chi connectivity index (χ1) is 11.7. The molecule has 1 aromatic carbocycles. The second-order valence-corrected chi connectivity index (χ2v) is 7.04. The molecule has 1 unspecified atom stereocenters. The van der Waals surface area contributed by atoms with Crippen LogP contribution in [0.15, 0.2) is 24.3 Å². The van der Waals surface area contributed by atoms with Crippen molar-refractivity contribution in [3.05, 3.63) is 29.8 Å². The van der Waals surface area contributed by atoms with Gasteiger partial charge in [0.05, 0.1) is 13.2 Å². The molecular formula is C19H28N2O3. The predicted octanol–water partition coefficient (Wildman–Crippen LogP) is 2.08. The van der Waals surface area contributed by atoms with E-state index in [1.165, 1.54) is 0 Å². The molecule has 1 fully saturated rings. The van der Waals surface area contributed by atoms with Gasteiger partial charge in [-0.2, -0.15) is 0 Å². The summed E-state index contributed by atoms with van der Waals surface area (Å²) in [7, 11) is 1.74. The number of benzene rings is 1. The molecule has 0 bridgehead atoms. The van der Waals surface area contributed by atoms with Crippen molar-refractivity contribution in [2.75, 3.05) is 40.0 Å². The number of ether oxygens (including phenoxy) is 2. The Bertz CT molecular complexity index is 550. The number of hydrogen-bond acceptors (Lipinski definition) is 4. The van der Waals surface area contributed by atoms with Gasteiger partial charge in [0, 0.05) is 25.5 Å². The van der Waals surface area contributed by atoms with Gasteiger partial charge in [-0.1, -0.05) is 18.2 Å². The minimum atomic E-state index is 0.0727. The molecule has 1 saturated heterocycles. The van der Waals surface area contributed by atoms with Gasteiger partial charge in [-0.25, -0.2) is 0 Å². The first-order valence-corrected chi connectivity index (χ1v) is 8.90. The van der Waals surface area contributed by atoms with Crippen molar-refractivity contribution in [2.24, 2.45) is 5.41 Å². The number of fused-ring (bicyclic) bond motifs is 1. The highest BCUT2D eigenvalue weighted by molar-refractivity contribution is 5.77. The molecular weight excluding hydrogens is 304 g/mol. The molecule has 0 radical (unpaired) electrons. The summed E-state index contributed by atoms with van der Waals surface area (Å²) in [6.45, 7) is 4.08. The molecule has 0 spiro atoms. The van der Waals surface area contributed by atoms with Crippen LogP contribution in [0.3, 0.4) is 0 Å². The molecule has 24 heavy (non-hydrogen) atoms. The predicted molar refractivity (Wildman–Crippen MR) is 93.3 cm³/mol. The second-order valence-electron chi connectivity index (χ2n) is 7.04. The molecule has 0 saturated carbocycles. The van der Waals surface area contributed by atoms with Gasteiger partial charge in [-0.15, -0.1) is 0 Å². The Balaban J connectivity index is 1.56. The van der Waals surface area contributed by atoms with E-state index in [1.54, 1.807) is 7.11 Å². The molecule has 3 rings (SSSR count). The van der Waals surface area contributed by atoms with E-state index in [1.807, 2.05) is 18.2 Å². The van der Waals surface area contributed by atoms with Gasteiger partial charge in [-0.05, 0) is 49.9 Å². The summed E-state index contributed by atoms with van der Waals surface area (Å²) in [5.41, 5.74) is 1.23. The van der Waals surface area contributed by atoms with Crippen molar-refractivity contribution in [1.29, 1.82) is 0 Å². The number of carbonyl (C=O) groups is 1. The molecule has 1 atom stereocenters. The smallest absolute Gasteiger partial charge is 0.220 e. The van der Waals surface area contributed by atoms with Crippen LogP contribution in [-0.4, -0.2) is 45.9 Å². The number of amides is 1. The lowest BCUT2D eigenvalue weighted by Gasteiger charge is -2.37. The summed E-state index contributed by atoms with van der Waals surface area (Å²) in [5.74, 6) is 1.31. The van der Waals surface area contributed by atoms with Crippen molar-refractivity contribution in [3.8, 4) is 5.75 Å². The Labute approximate surface area is 144 Å². The fourth-order valence-electron chi connectivity index (χ4n) is 3.85. The highest BCUT2D eigenvalue weighted by Crippen LogP contribution is 2.35. The Kier molecular flexibility index (Phi) is 5.74. The molecule has 0 aliphatic carbocycles. The lowest BCUT2D eigenvalue weighted by Crippen LogP contribution is -2.47. The molecule has 2 heterocycles. The average Bonchev–Trinajstić information content (AvgIpc) is 2.62. The number of para-hydroxylation sites is 1. The summed E-state index contributed by atoms with van der Waals surface area (Å²) >= 11 is 0. The summed E-state index contributed by atoms with van der Waals surface area (Å²) in [4.78, 5) is 12.5. The van der Waals surface area contributed by atoms with E-state index in [0.29, 0.717) is 26.2 Å². The normalized spacial score (nSPS) is 22.3. The number of hydrogen-bond donors (Lipinski definition) is 2. The van der Waals surface area contributed by atoms with Crippen LogP contribution < -0.4 is 15.4 Å². The molecule has 1 aromatic rings. The zero-order chi connectivity index (χ0) is 16.8. The molecule has 0 aromatic heterocycles. The van der Waals surface area contributed by atoms with Crippen LogP contribution in [0.1, 0.15) is 37.2 Å². The quantitative estimate of drug-likeness (QED) is 0.837. The third-order valence-corrected chi connectivity index (χ3v) is 5.29. The average molecular weight is 332 g/mol. The Morgan fingerprint density at radius 2 is 2.17 bits per heavy atom. The SMILES string of the molecule is COCC1(CNC(=O)CC2CCOc3ccccc32)CCNCC1. The zero-order valence-corrected chi connectivity index (χ0v) is 14.5. The standard InChI is InChI=1S/C19H28N2O3/c1-23-14-19(7-9-20-10-8-19)13-21-18(22)12-15-6-11-24-17-5-3-2-4-16(15)17/h2-5,15,20H,6-14H2,1H3,(H,21,22). The van der Waals surface area contributed by atoms with Gasteiger partial charge in [0.1, 0.15) is 5.75 Å². The number of carbonyl (C=O) groups excluding carboxylic acids is 1. The first-order valence-electron chi connectivity index (χ1n) is 8.90. The van der Waals surface area contributed by atoms with Crippen LogP contribution in [0.5, 0.6) is 5.75 Å². The molecule has 5 nitrogen and oxygen atoms in total. The second kappa shape index (κ2) is 7.99. The fraction of sp³-hybridized carbons (Fsp3) is 0.632. The minimum Gasteiger partial charge on any atom is -0.493 e. The Morgan fingerprint density at radius 3 is 2.96 bits per heavy atom. The van der Waals surface area contributed by atoms with Crippen molar-refractivity contribution in [1.82, 2.24) is 10.6 Å². The monoisotopic (exact) mass is 332 g/mol. The third-order valence-electron chi connectivity index (χ3n) is 5.29. The molecule has 5 heteroatoms. The molecule has 1 amide bonds. The van der Waals surface area contributed by atoms with Gasteiger partial charge in [0.2, 0.25) is 5.91 Å². The van der Waals surface area contributed by atoms with Crippen LogP contribution in [0.25, 0.3) is 0 Å². The van der Waals surface area contributed by atoms with E-state index in [0.717, 1.165) is 43.7 Å². The number of nitrogens with one attached hydrogen (secondary N) is 2. The summed E-state index contributed by atoms with van der Waals surface area (Å²) in [5, 5.41) is 6.55. The van der Waals surface area contributed by atoms with Gasteiger partial charge < -0.3 is 20.1 Å². The lowest BCUT2D eigenvalue weighted by atomic mass is 9.79. The van der Waals surface area contributed by atoms with E-state index in [9.17, 15) is 4.79 Å². The summed E-state index contributed by atoms with van der Waals surface area (Å²) in [6, 6.07) is 8.06. The summed E-state index contributed by atoms with van der Waals surface area (Å²) in [6.07, 6.45) is 3.52. The van der Waals surface area contributed by atoms with E-state index in [4.69, 9.17) is 9.47 Å². The van der Waals surface area contributed by atoms with E-state index < -0.39 is 0 Å². The van der Waals surface area contributed by atoms with E-state index in [2.05, 4.69) is 16.7 Å². The maximum Gasteiger partial charge on any atom is 0.220 e. The zero-order valence-electron chi connectivity index (χ0n) is 14.5. The van der Waals surface area contributed by atoms with Crippen molar-refractivity contribution in [2.45, 2.75) is 31.6 Å². The molecule has 2 N–H and O–H groups in total. The third kappa shape index (κ3) is 4.08. The first kappa shape index (κ1) is 17.2. The Hall–Kier alpha value is -1.59. The van der Waals surface area contributed by atoms with Gasteiger partial charge in [0.25, 0.3) is 0 Å². The highest BCUT2D eigenvalue weighted by atomic mass is 16.5. The topological polar surface area (TPSA) is 59.6 Å². The van der Waals surface area contributed by atoms with E-state index >= 15 is 0 Å². The van der Waals surface area contributed by atoms with Crippen molar-refractivity contribution >= 4 is 5.91 Å². The maximum atomic E-state index is 12.5. The van der Waals surface area contributed by atoms with Crippen molar-refractivity contribution in [3.63, 3.8) is 0 Å². The number of rotatable bonds is 6. The highest BCUT2D eigenvalue weighted by Gasteiger charge is 2.33. The van der Waals surface area contributed by atoms with Crippen LogP contribution in [0, 0.1) is 5.41 Å². The van der Waals surface area contributed by atoms with Gasteiger partial charge >= 0.3 is 0 Å². The Morgan fingerprint density at radius 1 is 1.38 bits per heavy atom. The minimum absolute atomic E-state index is 0.0727. The van der Waals surface area contributed by atoms with Crippen LogP contribution in [0.4, 0.5) is 0 Å². The lowest BCUT2D eigenvalue weighted by molar-refractivity contribution is -0.122. The maximum absolute atomic E-state index is 12.5. The molecule has 132 valence electrons. The van der Waals surface area contributed by atoms with Crippen LogP contribution in [-0.2, 0) is 9.53 Å². The fourth-order valence-corrected chi connectivity index (χ4v) is 3.85. The van der Waals surface area contributed by atoms with E-state index in [-0.39, 0.29) is 17.2 Å². The summed E-state index contributed by atoms with van der Waals surface area (Å²) < 4.78 is 11.1. The number of piperidine rings is 1. The van der Waals surface area contributed by atoms with Crippen LogP contribution in [0.2, 0.25) is 0 Å². The van der Waals surface area contributed by atoms with Gasteiger partial charge in [-0.3, -0.25) is 4.79 Å². The molecule has 2 aliphatic heterocycles. The van der Waals surface area contributed by atoms with Gasteiger partial charge in [0.15, 0.2) is 0 Å². The number of methoxy groups -OCH3 is 1.